The van der Waals surface area contributed by atoms with Crippen molar-refractivity contribution in [1.29, 1.82) is 0 Å². The highest BCUT2D eigenvalue weighted by Crippen LogP contribution is 2.32. The molecule has 3 nitrogen and oxygen atoms in total. The van der Waals surface area contributed by atoms with Gasteiger partial charge in [-0.1, -0.05) is 12.1 Å². The summed E-state index contributed by atoms with van der Waals surface area (Å²) in [4.78, 5) is 0. The number of hydrogen-bond donors (Lipinski definition) is 0. The molecule has 1 heterocycles. The molecule has 0 aliphatic heterocycles. The zero-order valence-corrected chi connectivity index (χ0v) is 9.82. The SMILES string of the molecule is COc1cccc(-c2cc(C(F)(F)F)nn2C)c1. The van der Waals surface area contributed by atoms with Crippen LogP contribution in [-0.2, 0) is 13.2 Å². The first kappa shape index (κ1) is 12.5. The fraction of sp³-hybridized carbons (Fsp3) is 0.250. The van der Waals surface area contributed by atoms with E-state index < -0.39 is 11.9 Å². The van der Waals surface area contributed by atoms with Gasteiger partial charge in [-0.3, -0.25) is 4.68 Å². The number of alkyl halides is 3. The largest absolute Gasteiger partial charge is 0.497 e. The maximum Gasteiger partial charge on any atom is 0.435 e. The summed E-state index contributed by atoms with van der Waals surface area (Å²) < 4.78 is 43.9. The van der Waals surface area contributed by atoms with Gasteiger partial charge in [-0.05, 0) is 18.2 Å². The van der Waals surface area contributed by atoms with E-state index in [9.17, 15) is 13.2 Å². The van der Waals surface area contributed by atoms with E-state index in [1.807, 2.05) is 0 Å². The lowest BCUT2D eigenvalue weighted by atomic mass is 10.1. The molecule has 0 saturated carbocycles. The smallest absolute Gasteiger partial charge is 0.435 e. The molecular formula is C12H11F3N2O. The summed E-state index contributed by atoms with van der Waals surface area (Å²) in [5, 5.41) is 3.46. The first-order valence-corrected chi connectivity index (χ1v) is 5.17. The van der Waals surface area contributed by atoms with Gasteiger partial charge in [0.25, 0.3) is 0 Å². The number of hydrogen-bond acceptors (Lipinski definition) is 2. The maximum absolute atomic E-state index is 12.5. The lowest BCUT2D eigenvalue weighted by Crippen LogP contribution is -2.06. The van der Waals surface area contributed by atoms with Gasteiger partial charge in [0.2, 0.25) is 0 Å². The third-order valence-electron chi connectivity index (χ3n) is 2.54. The quantitative estimate of drug-likeness (QED) is 0.825. The predicted octanol–water partition coefficient (Wildman–Crippen LogP) is 3.11. The Balaban J connectivity index is 2.47. The van der Waals surface area contributed by atoms with Crippen LogP contribution in [-0.4, -0.2) is 16.9 Å². The Morgan fingerprint density at radius 2 is 1.94 bits per heavy atom. The van der Waals surface area contributed by atoms with Crippen molar-refractivity contribution in [3.8, 4) is 17.0 Å². The minimum atomic E-state index is -4.44. The van der Waals surface area contributed by atoms with E-state index in [0.29, 0.717) is 17.0 Å². The average molecular weight is 256 g/mol. The molecule has 1 aromatic heterocycles. The fourth-order valence-corrected chi connectivity index (χ4v) is 1.66. The topological polar surface area (TPSA) is 27.1 Å². The summed E-state index contributed by atoms with van der Waals surface area (Å²) >= 11 is 0. The van der Waals surface area contributed by atoms with Crippen LogP contribution in [0.15, 0.2) is 30.3 Å². The number of halogens is 3. The van der Waals surface area contributed by atoms with Crippen LogP contribution in [0.25, 0.3) is 11.3 Å². The Kier molecular flexibility index (Phi) is 3.02. The predicted molar refractivity (Wildman–Crippen MR) is 60.2 cm³/mol. The molecule has 0 aliphatic rings. The number of aromatic nitrogens is 2. The number of benzene rings is 1. The van der Waals surface area contributed by atoms with Gasteiger partial charge < -0.3 is 4.74 Å². The number of rotatable bonds is 2. The van der Waals surface area contributed by atoms with E-state index in [2.05, 4.69) is 5.10 Å². The van der Waals surface area contributed by atoms with E-state index in [4.69, 9.17) is 4.74 Å². The van der Waals surface area contributed by atoms with Crippen LogP contribution in [0.3, 0.4) is 0 Å². The molecular weight excluding hydrogens is 245 g/mol. The van der Waals surface area contributed by atoms with Gasteiger partial charge in [-0.25, -0.2) is 0 Å². The molecule has 6 heteroatoms. The van der Waals surface area contributed by atoms with Gasteiger partial charge in [-0.2, -0.15) is 18.3 Å². The van der Waals surface area contributed by atoms with E-state index in [-0.39, 0.29) is 0 Å². The lowest BCUT2D eigenvalue weighted by Gasteiger charge is -2.04. The monoisotopic (exact) mass is 256 g/mol. The standard InChI is InChI=1S/C12H11F3N2O/c1-17-10(7-11(16-17)12(13,14)15)8-4-3-5-9(6-8)18-2/h3-7H,1-2H3. The Morgan fingerprint density at radius 1 is 1.22 bits per heavy atom. The highest BCUT2D eigenvalue weighted by Gasteiger charge is 2.34. The van der Waals surface area contributed by atoms with Crippen molar-refractivity contribution in [2.24, 2.45) is 7.05 Å². The van der Waals surface area contributed by atoms with Gasteiger partial charge in [0.1, 0.15) is 5.75 Å². The molecule has 0 amide bonds. The van der Waals surface area contributed by atoms with E-state index in [1.54, 1.807) is 24.3 Å². The third kappa shape index (κ3) is 2.32. The molecule has 2 aromatic rings. The molecule has 0 radical (unpaired) electrons. The van der Waals surface area contributed by atoms with E-state index in [1.165, 1.54) is 18.8 Å². The summed E-state index contributed by atoms with van der Waals surface area (Å²) in [7, 11) is 2.98. The Labute approximate surface area is 102 Å². The molecule has 2 rings (SSSR count). The summed E-state index contributed by atoms with van der Waals surface area (Å²) in [5.41, 5.74) is 0.115. The normalized spacial score (nSPS) is 11.6. The van der Waals surface area contributed by atoms with E-state index in [0.717, 1.165) is 6.07 Å². The Bertz CT molecular complexity index is 561. The lowest BCUT2D eigenvalue weighted by molar-refractivity contribution is -0.141. The number of aryl methyl sites for hydroxylation is 1. The molecule has 96 valence electrons. The number of nitrogens with zero attached hydrogens (tertiary/aromatic N) is 2. The van der Waals surface area contributed by atoms with Crippen LogP contribution >= 0.6 is 0 Å². The molecule has 0 aliphatic carbocycles. The minimum Gasteiger partial charge on any atom is -0.497 e. The van der Waals surface area contributed by atoms with Crippen LogP contribution in [0.1, 0.15) is 5.69 Å². The molecule has 18 heavy (non-hydrogen) atoms. The molecule has 0 N–H and O–H groups in total. The molecule has 0 atom stereocenters. The third-order valence-corrected chi connectivity index (χ3v) is 2.54. The fourth-order valence-electron chi connectivity index (χ4n) is 1.66. The first-order chi connectivity index (χ1) is 8.41. The van der Waals surface area contributed by atoms with Gasteiger partial charge in [0.15, 0.2) is 5.69 Å². The van der Waals surface area contributed by atoms with Crippen LogP contribution in [0, 0.1) is 0 Å². The van der Waals surface area contributed by atoms with Crippen molar-refractivity contribution >= 4 is 0 Å². The second kappa shape index (κ2) is 4.36. The molecule has 0 saturated heterocycles. The van der Waals surface area contributed by atoms with Crippen LogP contribution in [0.2, 0.25) is 0 Å². The zero-order chi connectivity index (χ0) is 13.3. The van der Waals surface area contributed by atoms with Gasteiger partial charge in [0, 0.05) is 12.6 Å². The zero-order valence-electron chi connectivity index (χ0n) is 9.82. The van der Waals surface area contributed by atoms with Crippen molar-refractivity contribution < 1.29 is 17.9 Å². The minimum absolute atomic E-state index is 0.390. The maximum atomic E-state index is 12.5. The second-order valence-electron chi connectivity index (χ2n) is 3.77. The van der Waals surface area contributed by atoms with Crippen molar-refractivity contribution in [3.05, 3.63) is 36.0 Å². The summed E-state index contributed by atoms with van der Waals surface area (Å²) in [6.07, 6.45) is -4.44. The van der Waals surface area contributed by atoms with Gasteiger partial charge in [0.05, 0.1) is 12.8 Å². The van der Waals surface area contributed by atoms with Crippen LogP contribution in [0.4, 0.5) is 13.2 Å². The van der Waals surface area contributed by atoms with Crippen molar-refractivity contribution in [1.82, 2.24) is 9.78 Å². The molecule has 1 aromatic carbocycles. The second-order valence-corrected chi connectivity index (χ2v) is 3.77. The summed E-state index contributed by atoms with van der Waals surface area (Å²) in [6.45, 7) is 0. The number of methoxy groups -OCH3 is 1. The van der Waals surface area contributed by atoms with Gasteiger partial charge >= 0.3 is 6.18 Å². The molecule has 0 fully saturated rings. The van der Waals surface area contributed by atoms with Crippen LogP contribution in [0.5, 0.6) is 5.75 Å². The van der Waals surface area contributed by atoms with Crippen molar-refractivity contribution in [3.63, 3.8) is 0 Å². The number of ether oxygens (including phenoxy) is 1. The Hall–Kier alpha value is -1.98. The molecule has 0 bridgehead atoms. The van der Waals surface area contributed by atoms with E-state index >= 15 is 0 Å². The average Bonchev–Trinajstić information content (AvgIpc) is 2.71. The summed E-state index contributed by atoms with van der Waals surface area (Å²) in [5.74, 6) is 0.585. The highest BCUT2D eigenvalue weighted by atomic mass is 19.4. The first-order valence-electron chi connectivity index (χ1n) is 5.17. The summed E-state index contributed by atoms with van der Waals surface area (Å²) in [6, 6.07) is 7.84. The molecule has 0 unspecified atom stereocenters. The van der Waals surface area contributed by atoms with Crippen molar-refractivity contribution in [2.75, 3.05) is 7.11 Å². The van der Waals surface area contributed by atoms with Gasteiger partial charge in [-0.15, -0.1) is 0 Å². The molecule has 0 spiro atoms. The van der Waals surface area contributed by atoms with Crippen LogP contribution < -0.4 is 4.74 Å². The Morgan fingerprint density at radius 3 is 2.50 bits per heavy atom. The highest BCUT2D eigenvalue weighted by molar-refractivity contribution is 5.62. The van der Waals surface area contributed by atoms with Crippen molar-refractivity contribution in [2.45, 2.75) is 6.18 Å².